The van der Waals surface area contributed by atoms with E-state index >= 15 is 0 Å². The molecule has 21 heavy (non-hydrogen) atoms. The van der Waals surface area contributed by atoms with E-state index in [0.29, 0.717) is 17.6 Å². The van der Waals surface area contributed by atoms with Crippen LogP contribution in [-0.2, 0) is 6.42 Å². The smallest absolute Gasteiger partial charge is 0.239 e. The molecule has 2 heterocycles. The summed E-state index contributed by atoms with van der Waals surface area (Å²) in [4.78, 5) is 8.08. The highest BCUT2D eigenvalue weighted by Gasteiger charge is 2.15. The number of ether oxygens (including phenoxy) is 1. The molecule has 5 heteroatoms. The van der Waals surface area contributed by atoms with Crippen LogP contribution in [0.5, 0.6) is 5.88 Å². The molecule has 0 saturated heterocycles. The van der Waals surface area contributed by atoms with Crippen molar-refractivity contribution < 1.29 is 4.74 Å². The highest BCUT2D eigenvalue weighted by atomic mass is 32.1. The van der Waals surface area contributed by atoms with Gasteiger partial charge in [-0.15, -0.1) is 11.3 Å². The number of pyridine rings is 1. The number of nitrogens with zero attached hydrogens (tertiary/aromatic N) is 2. The topological polar surface area (TPSA) is 51.4 Å². The van der Waals surface area contributed by atoms with Crippen molar-refractivity contribution in [1.82, 2.24) is 4.98 Å². The summed E-state index contributed by atoms with van der Waals surface area (Å²) in [6, 6.07) is 8.40. The maximum atomic E-state index is 5.92. The molecule has 0 fully saturated rings. The fourth-order valence-corrected chi connectivity index (χ4v) is 2.86. The monoisotopic (exact) mass is 305 g/mol. The minimum absolute atomic E-state index is 0.0592. The van der Waals surface area contributed by atoms with Crippen LogP contribution in [0.3, 0.4) is 0 Å². The van der Waals surface area contributed by atoms with Crippen LogP contribution in [0.2, 0.25) is 0 Å². The van der Waals surface area contributed by atoms with Crippen molar-refractivity contribution in [3.8, 4) is 5.88 Å². The largest absolute Gasteiger partial charge is 0.473 e. The zero-order valence-corrected chi connectivity index (χ0v) is 13.9. The molecular weight excluding hydrogens is 282 g/mol. The van der Waals surface area contributed by atoms with Gasteiger partial charge in [-0.25, -0.2) is 0 Å². The van der Waals surface area contributed by atoms with Gasteiger partial charge in [-0.2, -0.15) is 4.98 Å². The minimum atomic E-state index is 0.0592. The molecule has 0 spiro atoms. The summed E-state index contributed by atoms with van der Waals surface area (Å²) in [5, 5.41) is 2.11. The van der Waals surface area contributed by atoms with Crippen LogP contribution >= 0.6 is 11.3 Å². The predicted molar refractivity (Wildman–Crippen MR) is 90.3 cm³/mol. The minimum Gasteiger partial charge on any atom is -0.473 e. The number of hydrogen-bond donors (Lipinski definition) is 1. The summed E-state index contributed by atoms with van der Waals surface area (Å²) in [7, 11) is 2.05. The SMILES string of the molecule is CC(C)Oc1nc(N(C)C(C)Cc2cccs2)ccc1N. The maximum Gasteiger partial charge on any atom is 0.239 e. The van der Waals surface area contributed by atoms with Gasteiger partial charge in [0.05, 0.1) is 11.8 Å². The maximum absolute atomic E-state index is 5.92. The van der Waals surface area contributed by atoms with Crippen molar-refractivity contribution in [1.29, 1.82) is 0 Å². The lowest BCUT2D eigenvalue weighted by atomic mass is 10.2. The summed E-state index contributed by atoms with van der Waals surface area (Å²) in [5.41, 5.74) is 6.50. The Bertz CT molecular complexity index is 569. The summed E-state index contributed by atoms with van der Waals surface area (Å²) < 4.78 is 5.66. The van der Waals surface area contributed by atoms with E-state index in [1.54, 1.807) is 11.3 Å². The highest BCUT2D eigenvalue weighted by molar-refractivity contribution is 7.09. The molecule has 4 nitrogen and oxygen atoms in total. The molecule has 0 aromatic carbocycles. The van der Waals surface area contributed by atoms with Crippen LogP contribution in [0, 0.1) is 0 Å². The molecule has 0 aliphatic heterocycles. The summed E-state index contributed by atoms with van der Waals surface area (Å²) >= 11 is 1.79. The first-order valence-electron chi connectivity index (χ1n) is 7.15. The number of nitrogens with two attached hydrogens (primary N) is 1. The zero-order valence-electron chi connectivity index (χ0n) is 13.0. The number of nitrogen functional groups attached to an aromatic ring is 1. The van der Waals surface area contributed by atoms with Crippen LogP contribution in [0.4, 0.5) is 11.5 Å². The standard InChI is InChI=1S/C16H23N3OS/c1-11(2)20-16-14(17)7-8-15(18-16)19(4)12(3)10-13-6-5-9-21-13/h5-9,11-12H,10,17H2,1-4H3. The Morgan fingerprint density at radius 3 is 2.67 bits per heavy atom. The van der Waals surface area contributed by atoms with Crippen LogP contribution in [0.25, 0.3) is 0 Å². The zero-order chi connectivity index (χ0) is 15.4. The van der Waals surface area contributed by atoms with Gasteiger partial charge in [-0.1, -0.05) is 6.07 Å². The van der Waals surface area contributed by atoms with E-state index in [1.165, 1.54) is 4.88 Å². The van der Waals surface area contributed by atoms with Crippen molar-refractivity contribution in [2.24, 2.45) is 0 Å². The number of thiophene rings is 1. The molecule has 0 saturated carbocycles. The highest BCUT2D eigenvalue weighted by Crippen LogP contribution is 2.25. The van der Waals surface area contributed by atoms with Crippen molar-refractivity contribution in [3.63, 3.8) is 0 Å². The second-order valence-corrected chi connectivity index (χ2v) is 6.51. The number of likely N-dealkylation sites (N-methyl/N-ethyl adjacent to an activating group) is 1. The van der Waals surface area contributed by atoms with Crippen LogP contribution in [0.1, 0.15) is 25.6 Å². The third kappa shape index (κ3) is 4.11. The van der Waals surface area contributed by atoms with Crippen LogP contribution < -0.4 is 15.4 Å². The fourth-order valence-electron chi connectivity index (χ4n) is 2.04. The first kappa shape index (κ1) is 15.6. The quantitative estimate of drug-likeness (QED) is 0.886. The van der Waals surface area contributed by atoms with Gasteiger partial charge >= 0.3 is 0 Å². The first-order valence-corrected chi connectivity index (χ1v) is 8.03. The van der Waals surface area contributed by atoms with E-state index < -0.39 is 0 Å². The molecule has 0 radical (unpaired) electrons. The lowest BCUT2D eigenvalue weighted by Crippen LogP contribution is -2.31. The van der Waals surface area contributed by atoms with Gasteiger partial charge < -0.3 is 15.4 Å². The molecule has 0 aliphatic carbocycles. The van der Waals surface area contributed by atoms with E-state index in [4.69, 9.17) is 10.5 Å². The lowest BCUT2D eigenvalue weighted by molar-refractivity contribution is 0.234. The average Bonchev–Trinajstić information content (AvgIpc) is 2.92. The van der Waals surface area contributed by atoms with Crippen molar-refractivity contribution in [2.45, 2.75) is 39.3 Å². The molecule has 1 atom stereocenters. The second kappa shape index (κ2) is 6.80. The molecule has 1 unspecified atom stereocenters. The third-order valence-electron chi connectivity index (χ3n) is 3.32. The summed E-state index contributed by atoms with van der Waals surface area (Å²) in [5.74, 6) is 1.39. The van der Waals surface area contributed by atoms with Gasteiger partial charge in [0.25, 0.3) is 0 Å². The van der Waals surface area contributed by atoms with Gasteiger partial charge in [0, 0.05) is 24.4 Å². The number of anilines is 2. The first-order chi connectivity index (χ1) is 9.97. The molecule has 2 aromatic heterocycles. The van der Waals surface area contributed by atoms with Crippen molar-refractivity contribution in [3.05, 3.63) is 34.5 Å². The molecule has 2 aromatic rings. The van der Waals surface area contributed by atoms with E-state index in [9.17, 15) is 0 Å². The van der Waals surface area contributed by atoms with Gasteiger partial charge in [0.1, 0.15) is 5.82 Å². The fraction of sp³-hybridized carbons (Fsp3) is 0.438. The molecule has 114 valence electrons. The Kier molecular flexibility index (Phi) is 5.07. The van der Waals surface area contributed by atoms with Gasteiger partial charge in [0.15, 0.2) is 0 Å². The molecule has 2 rings (SSSR count). The Balaban J connectivity index is 2.12. The molecular formula is C16H23N3OS. The van der Waals surface area contributed by atoms with Crippen LogP contribution in [0.15, 0.2) is 29.6 Å². The van der Waals surface area contributed by atoms with Gasteiger partial charge in [-0.3, -0.25) is 0 Å². The van der Waals surface area contributed by atoms with Crippen LogP contribution in [-0.4, -0.2) is 24.2 Å². The number of hydrogen-bond acceptors (Lipinski definition) is 5. The number of aromatic nitrogens is 1. The Morgan fingerprint density at radius 1 is 1.29 bits per heavy atom. The predicted octanol–water partition coefficient (Wildman–Crippen LogP) is 3.58. The van der Waals surface area contributed by atoms with E-state index in [0.717, 1.165) is 12.2 Å². The Hall–Kier alpha value is -1.75. The van der Waals surface area contributed by atoms with Gasteiger partial charge in [0.2, 0.25) is 5.88 Å². The lowest BCUT2D eigenvalue weighted by Gasteiger charge is -2.26. The third-order valence-corrected chi connectivity index (χ3v) is 4.22. The van der Waals surface area contributed by atoms with E-state index in [-0.39, 0.29) is 6.10 Å². The van der Waals surface area contributed by atoms with Crippen molar-refractivity contribution in [2.75, 3.05) is 17.7 Å². The van der Waals surface area contributed by atoms with E-state index in [1.807, 2.05) is 26.0 Å². The molecule has 2 N–H and O–H groups in total. The number of rotatable bonds is 6. The molecule has 0 amide bonds. The van der Waals surface area contributed by atoms with E-state index in [2.05, 4.69) is 41.4 Å². The Labute approximate surface area is 130 Å². The molecule has 0 aliphatic rings. The van der Waals surface area contributed by atoms with Gasteiger partial charge in [-0.05, 0) is 44.4 Å². The second-order valence-electron chi connectivity index (χ2n) is 5.47. The summed E-state index contributed by atoms with van der Waals surface area (Å²) in [6.45, 7) is 6.13. The van der Waals surface area contributed by atoms with Crippen molar-refractivity contribution >= 4 is 22.8 Å². The summed E-state index contributed by atoms with van der Waals surface area (Å²) in [6.07, 6.45) is 1.06. The average molecular weight is 305 g/mol. The Morgan fingerprint density at radius 2 is 2.05 bits per heavy atom. The molecule has 0 bridgehead atoms. The normalized spacial score (nSPS) is 12.4.